The Balaban J connectivity index is 2.44. The Morgan fingerprint density at radius 2 is 1.68 bits per heavy atom. The first-order valence-corrected chi connectivity index (χ1v) is 6.90. The highest BCUT2D eigenvalue weighted by molar-refractivity contribution is 5.91. The van der Waals surface area contributed by atoms with Crippen molar-refractivity contribution >= 4 is 11.7 Å². The van der Waals surface area contributed by atoms with E-state index in [0.717, 1.165) is 5.69 Å². The van der Waals surface area contributed by atoms with E-state index in [0.29, 0.717) is 11.8 Å². The average molecular weight is 261 g/mol. The van der Waals surface area contributed by atoms with E-state index in [9.17, 15) is 4.79 Å². The fraction of sp³-hybridized carbons (Fsp3) is 0.562. The zero-order valence-corrected chi connectivity index (χ0v) is 12.4. The normalized spacial score (nSPS) is 20.8. The summed E-state index contributed by atoms with van der Waals surface area (Å²) < 4.78 is 5.00. The molecule has 0 spiro atoms. The highest BCUT2D eigenvalue weighted by Crippen LogP contribution is 2.54. The number of nitrogens with zero attached hydrogens (tertiary/aromatic N) is 1. The lowest BCUT2D eigenvalue weighted by Gasteiger charge is -2.26. The van der Waals surface area contributed by atoms with Crippen LogP contribution < -0.4 is 4.90 Å². The Morgan fingerprint density at radius 3 is 2.11 bits per heavy atom. The lowest BCUT2D eigenvalue weighted by Crippen LogP contribution is -2.34. The molecule has 3 nitrogen and oxygen atoms in total. The molecule has 1 saturated heterocycles. The van der Waals surface area contributed by atoms with Gasteiger partial charge in [0.2, 0.25) is 0 Å². The largest absolute Gasteiger partial charge is 0.467 e. The molecule has 0 aliphatic carbocycles. The summed E-state index contributed by atoms with van der Waals surface area (Å²) in [7, 11) is 1.47. The maximum atomic E-state index is 12.1. The first-order valence-electron chi connectivity index (χ1n) is 6.90. The van der Waals surface area contributed by atoms with Crippen LogP contribution in [0.5, 0.6) is 0 Å². The molecule has 1 aromatic rings. The number of carbonyl (C=O) groups excluding carboxylic acids is 1. The van der Waals surface area contributed by atoms with Gasteiger partial charge >= 0.3 is 5.97 Å². The smallest absolute Gasteiger partial charge is 0.331 e. The molecule has 3 heteroatoms. The molecule has 0 amide bonds. The predicted octanol–water partition coefficient (Wildman–Crippen LogP) is 3.10. The number of carbonyl (C=O) groups is 1. The van der Waals surface area contributed by atoms with Crippen molar-refractivity contribution in [1.82, 2.24) is 0 Å². The Labute approximate surface area is 115 Å². The van der Waals surface area contributed by atoms with E-state index in [4.69, 9.17) is 4.74 Å². The Hall–Kier alpha value is -1.51. The van der Waals surface area contributed by atoms with Crippen LogP contribution in [0.2, 0.25) is 0 Å². The van der Waals surface area contributed by atoms with Gasteiger partial charge in [-0.15, -0.1) is 0 Å². The number of esters is 1. The summed E-state index contributed by atoms with van der Waals surface area (Å²) in [4.78, 5) is 14.3. The van der Waals surface area contributed by atoms with Gasteiger partial charge in [-0.1, -0.05) is 45.9 Å². The summed E-state index contributed by atoms with van der Waals surface area (Å²) in [6.45, 7) is 8.72. The molecule has 1 aliphatic rings. The van der Waals surface area contributed by atoms with Gasteiger partial charge in [0.1, 0.15) is 0 Å². The quantitative estimate of drug-likeness (QED) is 0.616. The average Bonchev–Trinajstić information content (AvgIpc) is 3.10. The van der Waals surface area contributed by atoms with Crippen LogP contribution in [0.1, 0.15) is 27.7 Å². The standard InChI is InChI=1S/C16H23NO2/c1-11(2)16(12(3)4)14(15(18)19-5)17(16)13-9-7-6-8-10-13/h6-12,14H,1-5H3. The predicted molar refractivity (Wildman–Crippen MR) is 77.1 cm³/mol. The minimum absolute atomic E-state index is 0.131. The van der Waals surface area contributed by atoms with Gasteiger partial charge in [-0.3, -0.25) is 0 Å². The lowest BCUT2D eigenvalue weighted by molar-refractivity contribution is -0.140. The number of hydrogen-bond acceptors (Lipinski definition) is 3. The fourth-order valence-corrected chi connectivity index (χ4v) is 3.54. The molecule has 1 fully saturated rings. The van der Waals surface area contributed by atoms with Crippen molar-refractivity contribution in [1.29, 1.82) is 0 Å². The van der Waals surface area contributed by atoms with E-state index in [1.165, 1.54) is 7.11 Å². The van der Waals surface area contributed by atoms with E-state index in [1.807, 2.05) is 18.2 Å². The molecular weight excluding hydrogens is 238 g/mol. The summed E-state index contributed by atoms with van der Waals surface area (Å²) in [5.41, 5.74) is 0.967. The monoisotopic (exact) mass is 261 g/mol. The molecule has 104 valence electrons. The van der Waals surface area contributed by atoms with Gasteiger partial charge in [0.15, 0.2) is 6.04 Å². The molecule has 2 rings (SSSR count). The van der Waals surface area contributed by atoms with Gasteiger partial charge in [-0.05, 0) is 24.0 Å². The first kappa shape index (κ1) is 13.9. The highest BCUT2D eigenvalue weighted by atomic mass is 16.5. The molecule has 0 bridgehead atoms. The third kappa shape index (κ3) is 1.92. The number of hydrogen-bond donors (Lipinski definition) is 0. The van der Waals surface area contributed by atoms with Crippen molar-refractivity contribution < 1.29 is 9.53 Å². The number of ether oxygens (including phenoxy) is 1. The zero-order valence-electron chi connectivity index (χ0n) is 12.4. The molecule has 0 N–H and O–H groups in total. The zero-order chi connectivity index (χ0) is 14.2. The summed E-state index contributed by atoms with van der Waals surface area (Å²) in [6, 6.07) is 9.96. The van der Waals surface area contributed by atoms with Gasteiger partial charge < -0.3 is 9.64 Å². The third-order valence-electron chi connectivity index (χ3n) is 4.35. The Bertz CT molecular complexity index is 445. The number of anilines is 1. The second kappa shape index (κ2) is 4.87. The first-order chi connectivity index (χ1) is 8.97. The van der Waals surface area contributed by atoms with E-state index in [2.05, 4.69) is 44.7 Å². The number of para-hydroxylation sites is 1. The molecule has 1 atom stereocenters. The summed E-state index contributed by atoms with van der Waals surface area (Å²) >= 11 is 0. The van der Waals surface area contributed by atoms with Crippen LogP contribution in [0.15, 0.2) is 30.3 Å². The van der Waals surface area contributed by atoms with Gasteiger partial charge in [0, 0.05) is 5.69 Å². The molecule has 0 saturated carbocycles. The van der Waals surface area contributed by atoms with Crippen LogP contribution in [0.3, 0.4) is 0 Å². The molecule has 0 radical (unpaired) electrons. The molecule has 19 heavy (non-hydrogen) atoms. The van der Waals surface area contributed by atoms with Crippen molar-refractivity contribution in [2.45, 2.75) is 39.3 Å². The van der Waals surface area contributed by atoms with Crippen LogP contribution in [-0.4, -0.2) is 24.7 Å². The number of benzene rings is 1. The summed E-state index contributed by atoms with van der Waals surface area (Å²) in [5.74, 6) is 0.639. The maximum absolute atomic E-state index is 12.1. The van der Waals surface area contributed by atoms with Crippen LogP contribution >= 0.6 is 0 Å². The van der Waals surface area contributed by atoms with Crippen LogP contribution in [0.4, 0.5) is 5.69 Å². The summed E-state index contributed by atoms with van der Waals surface area (Å²) in [6.07, 6.45) is 0. The Kier molecular flexibility index (Phi) is 3.57. The lowest BCUT2D eigenvalue weighted by atomic mass is 9.81. The second-order valence-corrected chi connectivity index (χ2v) is 5.83. The van der Waals surface area contributed by atoms with Crippen molar-refractivity contribution in [2.75, 3.05) is 12.0 Å². The van der Waals surface area contributed by atoms with Crippen LogP contribution in [-0.2, 0) is 9.53 Å². The maximum Gasteiger partial charge on any atom is 0.331 e. The molecule has 0 aromatic heterocycles. The summed E-state index contributed by atoms with van der Waals surface area (Å²) in [5, 5.41) is 0. The second-order valence-electron chi connectivity index (χ2n) is 5.83. The fourth-order valence-electron chi connectivity index (χ4n) is 3.54. The molecule has 1 unspecified atom stereocenters. The van der Waals surface area contributed by atoms with E-state index < -0.39 is 0 Å². The number of methoxy groups -OCH3 is 1. The van der Waals surface area contributed by atoms with E-state index in [-0.39, 0.29) is 17.6 Å². The minimum Gasteiger partial charge on any atom is -0.467 e. The molecule has 1 heterocycles. The highest BCUT2D eigenvalue weighted by Gasteiger charge is 2.69. The van der Waals surface area contributed by atoms with Gasteiger partial charge in [-0.2, -0.15) is 0 Å². The SMILES string of the molecule is COC(=O)C1N(c2ccccc2)C1(C(C)C)C(C)C. The Morgan fingerprint density at radius 1 is 1.16 bits per heavy atom. The molecular formula is C16H23NO2. The van der Waals surface area contributed by atoms with Crippen molar-refractivity contribution in [2.24, 2.45) is 11.8 Å². The van der Waals surface area contributed by atoms with Crippen LogP contribution in [0.25, 0.3) is 0 Å². The van der Waals surface area contributed by atoms with Crippen molar-refractivity contribution in [3.8, 4) is 0 Å². The van der Waals surface area contributed by atoms with Gasteiger partial charge in [-0.25, -0.2) is 4.79 Å². The third-order valence-corrected chi connectivity index (χ3v) is 4.35. The molecule has 1 aliphatic heterocycles. The molecule has 1 aromatic carbocycles. The van der Waals surface area contributed by atoms with Gasteiger partial charge in [0.25, 0.3) is 0 Å². The van der Waals surface area contributed by atoms with Crippen LogP contribution in [0, 0.1) is 11.8 Å². The topological polar surface area (TPSA) is 29.3 Å². The van der Waals surface area contributed by atoms with Crippen molar-refractivity contribution in [3.63, 3.8) is 0 Å². The minimum atomic E-state index is -0.167. The van der Waals surface area contributed by atoms with E-state index in [1.54, 1.807) is 0 Å². The van der Waals surface area contributed by atoms with Crippen molar-refractivity contribution in [3.05, 3.63) is 30.3 Å². The van der Waals surface area contributed by atoms with Gasteiger partial charge in [0.05, 0.1) is 12.6 Å². The number of rotatable bonds is 4. The van der Waals surface area contributed by atoms with E-state index >= 15 is 0 Å².